The summed E-state index contributed by atoms with van der Waals surface area (Å²) in [5, 5.41) is 0. The molecule has 0 saturated carbocycles. The molecule has 0 spiro atoms. The molecule has 1 fully saturated rings. The molecule has 0 atom stereocenters. The highest BCUT2D eigenvalue weighted by Crippen LogP contribution is 2.44. The van der Waals surface area contributed by atoms with E-state index in [0.29, 0.717) is 34.5 Å². The van der Waals surface area contributed by atoms with E-state index in [-0.39, 0.29) is 0 Å². The SMILES string of the molecule is COc1cc(-c2ccc(CN3CCCN(Cc4ccc(-c5cc(OC)c(OC)c(OC)c5)s4)CC3)s2)cc(OC)c1OC. The highest BCUT2D eigenvalue weighted by Gasteiger charge is 2.20. The van der Waals surface area contributed by atoms with Gasteiger partial charge < -0.3 is 28.4 Å². The molecule has 1 aliphatic heterocycles. The molecule has 0 N–H and O–H groups in total. The van der Waals surface area contributed by atoms with Crippen molar-refractivity contribution in [2.75, 3.05) is 68.8 Å². The molecule has 0 bridgehead atoms. The van der Waals surface area contributed by atoms with E-state index in [2.05, 4.69) is 34.1 Å². The van der Waals surface area contributed by atoms with Crippen LogP contribution in [0.1, 0.15) is 16.2 Å². The van der Waals surface area contributed by atoms with Crippen molar-refractivity contribution in [1.29, 1.82) is 0 Å². The van der Waals surface area contributed by atoms with Crippen LogP contribution in [0.2, 0.25) is 0 Å². The first-order valence-corrected chi connectivity index (χ1v) is 15.9. The van der Waals surface area contributed by atoms with E-state index < -0.39 is 0 Å². The zero-order chi connectivity index (χ0) is 30.3. The highest BCUT2D eigenvalue weighted by molar-refractivity contribution is 7.15. The number of benzene rings is 2. The van der Waals surface area contributed by atoms with Crippen molar-refractivity contribution in [3.05, 3.63) is 58.3 Å². The van der Waals surface area contributed by atoms with Crippen molar-refractivity contribution >= 4 is 22.7 Å². The zero-order valence-electron chi connectivity index (χ0n) is 25.7. The van der Waals surface area contributed by atoms with Crippen molar-refractivity contribution in [2.45, 2.75) is 19.5 Å². The third-order valence-electron chi connectivity index (χ3n) is 7.66. The molecule has 2 aromatic heterocycles. The maximum atomic E-state index is 5.56. The minimum Gasteiger partial charge on any atom is -0.493 e. The summed E-state index contributed by atoms with van der Waals surface area (Å²) in [5.74, 6) is 3.89. The predicted octanol–water partition coefficient (Wildman–Crippen LogP) is 6.90. The number of hydrogen-bond donors (Lipinski definition) is 0. The minimum atomic E-state index is 0.611. The average molecular weight is 625 g/mol. The summed E-state index contributed by atoms with van der Waals surface area (Å²) >= 11 is 3.64. The van der Waals surface area contributed by atoms with Crippen LogP contribution in [0.25, 0.3) is 20.9 Å². The summed E-state index contributed by atoms with van der Waals surface area (Å²) in [6.07, 6.45) is 1.15. The van der Waals surface area contributed by atoms with Crippen LogP contribution in [0.3, 0.4) is 0 Å². The third kappa shape index (κ3) is 7.04. The molecule has 230 valence electrons. The molecule has 1 aliphatic rings. The fourth-order valence-electron chi connectivity index (χ4n) is 5.46. The Morgan fingerprint density at radius 2 is 0.884 bits per heavy atom. The van der Waals surface area contributed by atoms with E-state index in [0.717, 1.165) is 56.8 Å². The molecule has 5 rings (SSSR count). The first-order chi connectivity index (χ1) is 21.0. The fraction of sp³-hybridized carbons (Fsp3) is 0.394. The van der Waals surface area contributed by atoms with Gasteiger partial charge in [-0.15, -0.1) is 22.7 Å². The van der Waals surface area contributed by atoms with Gasteiger partial charge >= 0.3 is 0 Å². The van der Waals surface area contributed by atoms with Gasteiger partial charge in [0.1, 0.15) is 0 Å². The van der Waals surface area contributed by atoms with Crippen LogP contribution in [0.5, 0.6) is 34.5 Å². The minimum absolute atomic E-state index is 0.611. The van der Waals surface area contributed by atoms with E-state index in [4.69, 9.17) is 28.4 Å². The molecule has 0 amide bonds. The number of thiophene rings is 2. The smallest absolute Gasteiger partial charge is 0.203 e. The van der Waals surface area contributed by atoms with E-state index in [1.807, 2.05) is 46.9 Å². The number of hydrogen-bond acceptors (Lipinski definition) is 10. The van der Waals surface area contributed by atoms with Crippen LogP contribution in [0, 0.1) is 0 Å². The number of methoxy groups -OCH3 is 6. The second-order valence-corrected chi connectivity index (χ2v) is 12.6. The Hall–Kier alpha value is -3.44. The lowest BCUT2D eigenvalue weighted by atomic mass is 10.1. The van der Waals surface area contributed by atoms with Crippen molar-refractivity contribution in [2.24, 2.45) is 0 Å². The van der Waals surface area contributed by atoms with Crippen LogP contribution in [-0.2, 0) is 13.1 Å². The summed E-state index contributed by atoms with van der Waals surface area (Å²) < 4.78 is 33.2. The van der Waals surface area contributed by atoms with Gasteiger partial charge in [0.15, 0.2) is 23.0 Å². The summed E-state index contributed by atoms with van der Waals surface area (Å²) in [5.41, 5.74) is 2.13. The van der Waals surface area contributed by atoms with Gasteiger partial charge in [0.05, 0.1) is 42.7 Å². The van der Waals surface area contributed by atoms with Crippen LogP contribution in [-0.4, -0.2) is 78.6 Å². The monoisotopic (exact) mass is 624 g/mol. The molecule has 8 nitrogen and oxygen atoms in total. The Balaban J connectivity index is 1.20. The highest BCUT2D eigenvalue weighted by atomic mass is 32.1. The van der Waals surface area contributed by atoms with Crippen molar-refractivity contribution in [1.82, 2.24) is 9.80 Å². The number of ether oxygens (including phenoxy) is 6. The first-order valence-electron chi connectivity index (χ1n) is 14.2. The van der Waals surface area contributed by atoms with E-state index in [1.54, 1.807) is 42.7 Å². The Bertz CT molecular complexity index is 1360. The lowest BCUT2D eigenvalue weighted by molar-refractivity contribution is 0.249. The Morgan fingerprint density at radius 3 is 1.21 bits per heavy atom. The predicted molar refractivity (Wildman–Crippen MR) is 174 cm³/mol. The first kappa shape index (κ1) is 31.0. The summed E-state index contributed by atoms with van der Waals surface area (Å²) in [6, 6.07) is 16.9. The van der Waals surface area contributed by atoms with Crippen molar-refractivity contribution < 1.29 is 28.4 Å². The van der Waals surface area contributed by atoms with E-state index >= 15 is 0 Å². The van der Waals surface area contributed by atoms with Gasteiger partial charge in [0.2, 0.25) is 11.5 Å². The fourth-order valence-corrected chi connectivity index (χ4v) is 7.54. The van der Waals surface area contributed by atoms with E-state index in [9.17, 15) is 0 Å². The second-order valence-electron chi connectivity index (χ2n) is 10.3. The van der Waals surface area contributed by atoms with Gasteiger partial charge in [-0.2, -0.15) is 0 Å². The van der Waals surface area contributed by atoms with Gasteiger partial charge in [-0.1, -0.05) is 0 Å². The lowest BCUT2D eigenvalue weighted by Crippen LogP contribution is -2.29. The molecule has 1 saturated heterocycles. The Labute approximate surface area is 262 Å². The van der Waals surface area contributed by atoms with Gasteiger partial charge in [-0.05, 0) is 79.2 Å². The molecular formula is C33H40N2O6S2. The van der Waals surface area contributed by atoms with Gasteiger partial charge in [0, 0.05) is 45.7 Å². The molecule has 0 unspecified atom stereocenters. The number of rotatable bonds is 12. The Morgan fingerprint density at radius 1 is 0.512 bits per heavy atom. The van der Waals surface area contributed by atoms with Gasteiger partial charge in [-0.25, -0.2) is 0 Å². The maximum absolute atomic E-state index is 5.56. The topological polar surface area (TPSA) is 61.9 Å². The third-order valence-corrected chi connectivity index (χ3v) is 9.90. The van der Waals surface area contributed by atoms with Crippen molar-refractivity contribution in [3.63, 3.8) is 0 Å². The molecule has 4 aromatic rings. The van der Waals surface area contributed by atoms with E-state index in [1.165, 1.54) is 19.5 Å². The quantitative estimate of drug-likeness (QED) is 0.169. The Kier molecular flexibility index (Phi) is 10.3. The standard InChI is InChI=1S/C33H40N2O6S2/c1-36-26-16-22(17-27(37-2)32(26)40-5)30-10-8-24(42-30)20-34-12-7-13-35(15-14-34)21-25-9-11-31(43-25)23-18-28(38-3)33(41-6)29(19-23)39-4/h8-11,16-19H,7,12-15,20-21H2,1-6H3. The molecule has 0 radical (unpaired) electrons. The van der Waals surface area contributed by atoms with Crippen molar-refractivity contribution in [3.8, 4) is 55.4 Å². The molecule has 10 heteroatoms. The van der Waals surface area contributed by atoms with Crippen LogP contribution >= 0.6 is 22.7 Å². The largest absolute Gasteiger partial charge is 0.493 e. The summed E-state index contributed by atoms with van der Waals surface area (Å²) in [7, 11) is 9.85. The summed E-state index contributed by atoms with van der Waals surface area (Å²) in [6.45, 7) is 6.18. The molecular weight excluding hydrogens is 585 g/mol. The summed E-state index contributed by atoms with van der Waals surface area (Å²) in [4.78, 5) is 10.2. The normalized spacial score (nSPS) is 14.3. The second kappa shape index (κ2) is 14.4. The molecule has 0 aliphatic carbocycles. The van der Waals surface area contributed by atoms with Crippen LogP contribution < -0.4 is 28.4 Å². The van der Waals surface area contributed by atoms with Gasteiger partial charge in [-0.3, -0.25) is 9.80 Å². The van der Waals surface area contributed by atoms with Gasteiger partial charge in [0.25, 0.3) is 0 Å². The zero-order valence-corrected chi connectivity index (χ0v) is 27.4. The maximum Gasteiger partial charge on any atom is 0.203 e. The molecule has 43 heavy (non-hydrogen) atoms. The van der Waals surface area contributed by atoms with Crippen LogP contribution in [0.15, 0.2) is 48.5 Å². The number of nitrogens with zero attached hydrogens (tertiary/aromatic N) is 2. The lowest BCUT2D eigenvalue weighted by Gasteiger charge is -2.21. The van der Waals surface area contributed by atoms with Crippen LogP contribution in [0.4, 0.5) is 0 Å². The molecule has 3 heterocycles. The molecule has 2 aromatic carbocycles. The average Bonchev–Trinajstić information content (AvgIpc) is 3.65.